The van der Waals surface area contributed by atoms with E-state index in [0.29, 0.717) is 0 Å². The van der Waals surface area contributed by atoms with E-state index in [4.69, 9.17) is 4.98 Å². The van der Waals surface area contributed by atoms with Crippen molar-refractivity contribution in [2.75, 3.05) is 6.54 Å². The molecule has 0 aliphatic rings. The second-order valence-electron chi connectivity index (χ2n) is 5.72. The summed E-state index contributed by atoms with van der Waals surface area (Å²) in [7, 11) is 0. The van der Waals surface area contributed by atoms with Crippen LogP contribution < -0.4 is 5.32 Å². The number of rotatable bonds is 5. The summed E-state index contributed by atoms with van der Waals surface area (Å²) in [6, 6.07) is 4.37. The first-order chi connectivity index (χ1) is 7.95. The van der Waals surface area contributed by atoms with E-state index < -0.39 is 0 Å². The third-order valence-electron chi connectivity index (χ3n) is 2.99. The van der Waals surface area contributed by atoms with Crippen molar-refractivity contribution in [3.63, 3.8) is 0 Å². The Morgan fingerprint density at radius 2 is 1.94 bits per heavy atom. The number of pyridine rings is 1. The number of aryl methyl sites for hydroxylation is 1. The van der Waals surface area contributed by atoms with E-state index in [2.05, 4.69) is 52.1 Å². The highest BCUT2D eigenvalue weighted by atomic mass is 14.9. The Bertz CT molecular complexity index is 350. The van der Waals surface area contributed by atoms with Crippen LogP contribution in [0.4, 0.5) is 0 Å². The van der Waals surface area contributed by atoms with Crippen molar-refractivity contribution in [1.82, 2.24) is 10.3 Å². The van der Waals surface area contributed by atoms with Gasteiger partial charge in [0.15, 0.2) is 0 Å². The Balaban J connectivity index is 2.64. The van der Waals surface area contributed by atoms with Crippen molar-refractivity contribution in [1.29, 1.82) is 0 Å². The molecule has 0 saturated heterocycles. The Hall–Kier alpha value is -0.890. The zero-order chi connectivity index (χ0) is 12.9. The molecule has 0 radical (unpaired) electrons. The van der Waals surface area contributed by atoms with Gasteiger partial charge < -0.3 is 5.32 Å². The first-order valence-electron chi connectivity index (χ1n) is 6.63. The van der Waals surface area contributed by atoms with Gasteiger partial charge in [-0.3, -0.25) is 4.98 Å². The number of hydrogen-bond donors (Lipinski definition) is 1. The zero-order valence-electron chi connectivity index (χ0n) is 11.9. The average Bonchev–Trinajstić information content (AvgIpc) is 2.24. The molecule has 17 heavy (non-hydrogen) atoms. The SMILES string of the molecule is CCCCNCc1ccc(C(C)(C)C)nc1C. The molecule has 0 fully saturated rings. The van der Waals surface area contributed by atoms with Crippen LogP contribution in [0.5, 0.6) is 0 Å². The Labute approximate surface area is 106 Å². The minimum absolute atomic E-state index is 0.138. The fourth-order valence-corrected chi connectivity index (χ4v) is 1.72. The Morgan fingerprint density at radius 1 is 1.24 bits per heavy atom. The minimum Gasteiger partial charge on any atom is -0.313 e. The van der Waals surface area contributed by atoms with Gasteiger partial charge in [-0.1, -0.05) is 40.2 Å². The van der Waals surface area contributed by atoms with Crippen LogP contribution in [0.1, 0.15) is 57.5 Å². The molecule has 0 saturated carbocycles. The molecule has 0 bridgehead atoms. The summed E-state index contributed by atoms with van der Waals surface area (Å²) in [4.78, 5) is 4.70. The first-order valence-corrected chi connectivity index (χ1v) is 6.63. The molecule has 0 aliphatic heterocycles. The molecule has 1 heterocycles. The highest BCUT2D eigenvalue weighted by Gasteiger charge is 2.15. The van der Waals surface area contributed by atoms with Gasteiger partial charge in [0.2, 0.25) is 0 Å². The topological polar surface area (TPSA) is 24.9 Å². The molecule has 0 unspecified atom stereocenters. The van der Waals surface area contributed by atoms with Gasteiger partial charge in [0.1, 0.15) is 0 Å². The highest BCUT2D eigenvalue weighted by Crippen LogP contribution is 2.21. The number of nitrogens with one attached hydrogen (secondary N) is 1. The van der Waals surface area contributed by atoms with Crippen molar-refractivity contribution in [2.45, 2.75) is 59.4 Å². The zero-order valence-corrected chi connectivity index (χ0v) is 11.9. The largest absolute Gasteiger partial charge is 0.313 e. The third kappa shape index (κ3) is 4.47. The van der Waals surface area contributed by atoms with Crippen LogP contribution in [0.2, 0.25) is 0 Å². The van der Waals surface area contributed by atoms with E-state index in [1.54, 1.807) is 0 Å². The lowest BCUT2D eigenvalue weighted by Gasteiger charge is -2.19. The summed E-state index contributed by atoms with van der Waals surface area (Å²) >= 11 is 0. The maximum absolute atomic E-state index is 4.70. The Morgan fingerprint density at radius 3 is 2.47 bits per heavy atom. The number of hydrogen-bond acceptors (Lipinski definition) is 2. The van der Waals surface area contributed by atoms with Gasteiger partial charge in [-0.15, -0.1) is 0 Å². The second kappa shape index (κ2) is 6.15. The van der Waals surface area contributed by atoms with Crippen LogP contribution in [0, 0.1) is 6.92 Å². The van der Waals surface area contributed by atoms with E-state index in [0.717, 1.165) is 18.8 Å². The molecule has 0 aliphatic carbocycles. The van der Waals surface area contributed by atoms with Crippen LogP contribution >= 0.6 is 0 Å². The molecule has 1 aromatic heterocycles. The summed E-state index contributed by atoms with van der Waals surface area (Å²) in [5, 5.41) is 3.46. The molecule has 1 N–H and O–H groups in total. The standard InChI is InChI=1S/C15H26N2/c1-6-7-10-16-11-13-8-9-14(15(3,4)5)17-12(13)2/h8-9,16H,6-7,10-11H2,1-5H3. The van der Waals surface area contributed by atoms with Gasteiger partial charge in [0, 0.05) is 23.3 Å². The predicted molar refractivity (Wildman–Crippen MR) is 74.3 cm³/mol. The molecule has 0 aromatic carbocycles. The summed E-state index contributed by atoms with van der Waals surface area (Å²) in [5.41, 5.74) is 3.78. The predicted octanol–water partition coefficient (Wildman–Crippen LogP) is 3.58. The molecule has 0 atom stereocenters. The van der Waals surface area contributed by atoms with E-state index >= 15 is 0 Å². The van der Waals surface area contributed by atoms with Crippen LogP contribution in [0.25, 0.3) is 0 Å². The van der Waals surface area contributed by atoms with E-state index in [1.165, 1.54) is 24.1 Å². The smallest absolute Gasteiger partial charge is 0.0460 e. The summed E-state index contributed by atoms with van der Waals surface area (Å²) in [6.07, 6.45) is 2.49. The van der Waals surface area contributed by atoms with Gasteiger partial charge in [-0.2, -0.15) is 0 Å². The average molecular weight is 234 g/mol. The first kappa shape index (κ1) is 14.2. The number of aromatic nitrogens is 1. The van der Waals surface area contributed by atoms with E-state index in [-0.39, 0.29) is 5.41 Å². The van der Waals surface area contributed by atoms with Gasteiger partial charge in [0.25, 0.3) is 0 Å². The highest BCUT2D eigenvalue weighted by molar-refractivity contribution is 5.25. The molecular formula is C15H26N2. The van der Waals surface area contributed by atoms with Gasteiger partial charge in [0.05, 0.1) is 0 Å². The monoisotopic (exact) mass is 234 g/mol. The van der Waals surface area contributed by atoms with Gasteiger partial charge >= 0.3 is 0 Å². The number of nitrogens with zero attached hydrogens (tertiary/aromatic N) is 1. The second-order valence-corrected chi connectivity index (χ2v) is 5.72. The van der Waals surface area contributed by atoms with Crippen LogP contribution in [-0.4, -0.2) is 11.5 Å². The molecular weight excluding hydrogens is 208 g/mol. The fraction of sp³-hybridized carbons (Fsp3) is 0.667. The maximum Gasteiger partial charge on any atom is 0.0460 e. The van der Waals surface area contributed by atoms with E-state index in [9.17, 15) is 0 Å². The maximum atomic E-state index is 4.70. The van der Waals surface area contributed by atoms with Crippen molar-refractivity contribution in [2.24, 2.45) is 0 Å². The van der Waals surface area contributed by atoms with Crippen molar-refractivity contribution in [3.8, 4) is 0 Å². The third-order valence-corrected chi connectivity index (χ3v) is 2.99. The van der Waals surface area contributed by atoms with Crippen molar-refractivity contribution >= 4 is 0 Å². The van der Waals surface area contributed by atoms with Crippen molar-refractivity contribution in [3.05, 3.63) is 29.1 Å². The van der Waals surface area contributed by atoms with E-state index in [1.807, 2.05) is 0 Å². The van der Waals surface area contributed by atoms with Crippen LogP contribution in [0.15, 0.2) is 12.1 Å². The normalized spacial score (nSPS) is 11.8. The Kier molecular flexibility index (Phi) is 5.13. The van der Waals surface area contributed by atoms with Gasteiger partial charge in [-0.05, 0) is 31.5 Å². The lowest BCUT2D eigenvalue weighted by Crippen LogP contribution is -2.18. The quantitative estimate of drug-likeness (QED) is 0.788. The molecule has 2 heteroatoms. The number of unbranched alkanes of at least 4 members (excludes halogenated alkanes) is 1. The molecule has 2 nitrogen and oxygen atoms in total. The van der Waals surface area contributed by atoms with Gasteiger partial charge in [-0.25, -0.2) is 0 Å². The molecule has 0 spiro atoms. The lowest BCUT2D eigenvalue weighted by atomic mass is 9.91. The summed E-state index contributed by atoms with van der Waals surface area (Å²) in [6.45, 7) is 13.0. The fourth-order valence-electron chi connectivity index (χ4n) is 1.72. The van der Waals surface area contributed by atoms with Crippen LogP contribution in [-0.2, 0) is 12.0 Å². The minimum atomic E-state index is 0.138. The molecule has 96 valence electrons. The molecule has 0 amide bonds. The lowest BCUT2D eigenvalue weighted by molar-refractivity contribution is 0.564. The summed E-state index contributed by atoms with van der Waals surface area (Å²) in [5.74, 6) is 0. The molecule has 1 rings (SSSR count). The van der Waals surface area contributed by atoms with Crippen molar-refractivity contribution < 1.29 is 0 Å². The summed E-state index contributed by atoms with van der Waals surface area (Å²) < 4.78 is 0. The molecule has 1 aromatic rings. The van der Waals surface area contributed by atoms with Crippen LogP contribution in [0.3, 0.4) is 0 Å².